The number of aliphatic imine (C=N–C) groups is 1. The van der Waals surface area contributed by atoms with E-state index >= 15 is 0 Å². The van der Waals surface area contributed by atoms with Crippen LogP contribution in [0.2, 0.25) is 5.02 Å². The lowest BCUT2D eigenvalue weighted by Crippen LogP contribution is -2.31. The third kappa shape index (κ3) is 5.61. The molecule has 1 N–H and O–H groups in total. The van der Waals surface area contributed by atoms with E-state index < -0.39 is 0 Å². The van der Waals surface area contributed by atoms with E-state index in [-0.39, 0.29) is 18.4 Å². The summed E-state index contributed by atoms with van der Waals surface area (Å²) in [5, 5.41) is 4.86. The van der Waals surface area contributed by atoms with Gasteiger partial charge in [0.2, 0.25) is 5.91 Å². The maximum atomic E-state index is 13.2. The normalized spacial score (nSPS) is 12.5. The van der Waals surface area contributed by atoms with Crippen molar-refractivity contribution in [3.05, 3.63) is 130 Å². The van der Waals surface area contributed by atoms with Crippen LogP contribution in [0.1, 0.15) is 40.9 Å². The number of hydrogen-bond donors (Lipinski definition) is 1. The first kappa shape index (κ1) is 25.1. The molecule has 0 aliphatic rings. The number of rotatable bonds is 8. The number of carbonyl (C=O) groups is 1. The van der Waals surface area contributed by atoms with E-state index in [1.165, 1.54) is 0 Å². The molecule has 1 atom stereocenters. The first-order chi connectivity index (χ1) is 17.4. The van der Waals surface area contributed by atoms with Gasteiger partial charge in [-0.25, -0.2) is 4.98 Å². The van der Waals surface area contributed by atoms with Crippen LogP contribution in [0.15, 0.2) is 102 Å². The van der Waals surface area contributed by atoms with Crippen LogP contribution in [-0.2, 0) is 11.2 Å². The van der Waals surface area contributed by atoms with Crippen molar-refractivity contribution in [3.63, 3.8) is 0 Å². The van der Waals surface area contributed by atoms with Crippen LogP contribution in [0.4, 0.5) is 0 Å². The number of nitrogens with one attached hydrogen (secondary N) is 1. The molecule has 0 spiro atoms. The highest BCUT2D eigenvalue weighted by molar-refractivity contribution is 6.30. The summed E-state index contributed by atoms with van der Waals surface area (Å²) in [6, 6.07) is 25.3. The lowest BCUT2D eigenvalue weighted by molar-refractivity contribution is -0.120. The summed E-state index contributed by atoms with van der Waals surface area (Å²) in [5.74, 6) is -0.0632. The Morgan fingerprint density at radius 3 is 2.56 bits per heavy atom. The van der Waals surface area contributed by atoms with Gasteiger partial charge in [0.05, 0.1) is 23.7 Å². The molecule has 36 heavy (non-hydrogen) atoms. The first-order valence-corrected chi connectivity index (χ1v) is 12.1. The third-order valence-corrected chi connectivity index (χ3v) is 6.44. The zero-order valence-electron chi connectivity index (χ0n) is 20.5. The maximum Gasteiger partial charge on any atom is 0.225 e. The second kappa shape index (κ2) is 11.1. The van der Waals surface area contributed by atoms with E-state index in [2.05, 4.69) is 23.6 Å². The van der Waals surface area contributed by atoms with Gasteiger partial charge in [-0.05, 0) is 73.2 Å². The fourth-order valence-corrected chi connectivity index (χ4v) is 4.53. The maximum absolute atomic E-state index is 13.2. The van der Waals surface area contributed by atoms with Crippen LogP contribution in [0.3, 0.4) is 0 Å². The summed E-state index contributed by atoms with van der Waals surface area (Å²) in [4.78, 5) is 21.9. The number of amides is 1. The SMILES string of the molecule is C=C/C(=C(/C)N=C)c1ccc2cc(CC(=O)NC(c3ccccc3)c3ccc(Cl)cc3C)ccc2n1. The number of carbonyl (C=O) groups excluding carboxylic acids is 1. The van der Waals surface area contributed by atoms with Gasteiger partial charge in [-0.1, -0.05) is 72.8 Å². The fourth-order valence-electron chi connectivity index (χ4n) is 4.30. The number of benzene rings is 3. The lowest BCUT2D eigenvalue weighted by Gasteiger charge is -2.22. The topological polar surface area (TPSA) is 54.4 Å². The second-order valence-corrected chi connectivity index (χ2v) is 9.11. The van der Waals surface area contributed by atoms with Crippen molar-refractivity contribution in [2.75, 3.05) is 0 Å². The molecule has 4 aromatic rings. The summed E-state index contributed by atoms with van der Waals surface area (Å²) in [6.07, 6.45) is 1.99. The minimum absolute atomic E-state index is 0.0632. The highest BCUT2D eigenvalue weighted by atomic mass is 35.5. The van der Waals surface area contributed by atoms with Gasteiger partial charge in [0.15, 0.2) is 0 Å². The Morgan fingerprint density at radius 2 is 1.86 bits per heavy atom. The van der Waals surface area contributed by atoms with Crippen molar-refractivity contribution in [2.24, 2.45) is 4.99 Å². The van der Waals surface area contributed by atoms with Crippen LogP contribution in [-0.4, -0.2) is 17.6 Å². The van der Waals surface area contributed by atoms with E-state index in [0.29, 0.717) is 5.02 Å². The average Bonchev–Trinajstić information content (AvgIpc) is 2.88. The van der Waals surface area contributed by atoms with Gasteiger partial charge in [0.25, 0.3) is 0 Å². The molecule has 0 radical (unpaired) electrons. The lowest BCUT2D eigenvalue weighted by atomic mass is 9.94. The molecular formula is C31H28ClN3O. The van der Waals surface area contributed by atoms with Crippen LogP contribution < -0.4 is 5.32 Å². The Hall–Kier alpha value is -4.02. The number of halogens is 1. The Balaban J connectivity index is 1.58. The predicted octanol–water partition coefficient (Wildman–Crippen LogP) is 7.26. The van der Waals surface area contributed by atoms with Gasteiger partial charge in [-0.3, -0.25) is 9.79 Å². The van der Waals surface area contributed by atoms with E-state index in [1.807, 2.05) is 92.7 Å². The largest absolute Gasteiger partial charge is 0.345 e. The van der Waals surface area contributed by atoms with E-state index in [9.17, 15) is 4.79 Å². The molecule has 180 valence electrons. The summed E-state index contributed by atoms with van der Waals surface area (Å²) < 4.78 is 0. The van der Waals surface area contributed by atoms with Crippen LogP contribution in [0, 0.1) is 6.92 Å². The molecule has 0 aliphatic heterocycles. The first-order valence-electron chi connectivity index (χ1n) is 11.7. The van der Waals surface area contributed by atoms with E-state index in [4.69, 9.17) is 16.6 Å². The molecule has 1 amide bonds. The Bertz CT molecular complexity index is 1470. The minimum Gasteiger partial charge on any atom is -0.345 e. The van der Waals surface area contributed by atoms with Crippen LogP contribution >= 0.6 is 11.6 Å². The van der Waals surface area contributed by atoms with Gasteiger partial charge in [-0.2, -0.15) is 0 Å². The average molecular weight is 494 g/mol. The molecule has 5 heteroatoms. The second-order valence-electron chi connectivity index (χ2n) is 8.67. The van der Waals surface area contributed by atoms with Crippen molar-refractivity contribution < 1.29 is 4.79 Å². The Morgan fingerprint density at radius 1 is 1.08 bits per heavy atom. The fraction of sp³-hybridized carbons (Fsp3) is 0.129. The zero-order chi connectivity index (χ0) is 25.7. The minimum atomic E-state index is -0.272. The van der Waals surface area contributed by atoms with Crippen LogP contribution in [0.25, 0.3) is 16.5 Å². The number of pyridine rings is 1. The Kier molecular flexibility index (Phi) is 7.77. The third-order valence-electron chi connectivity index (χ3n) is 6.21. The molecular weight excluding hydrogens is 466 g/mol. The van der Waals surface area contributed by atoms with Crippen molar-refractivity contribution in [3.8, 4) is 0 Å². The van der Waals surface area contributed by atoms with Gasteiger partial charge in [0, 0.05) is 21.7 Å². The molecule has 3 aromatic carbocycles. The molecule has 4 rings (SSSR count). The van der Waals surface area contributed by atoms with Gasteiger partial charge in [0.1, 0.15) is 0 Å². The van der Waals surface area contributed by atoms with Crippen molar-refractivity contribution in [1.82, 2.24) is 10.3 Å². The molecule has 0 saturated carbocycles. The molecule has 0 fully saturated rings. The summed E-state index contributed by atoms with van der Waals surface area (Å²) in [7, 11) is 0. The predicted molar refractivity (Wildman–Crippen MR) is 150 cm³/mol. The number of hydrogen-bond acceptors (Lipinski definition) is 3. The van der Waals surface area contributed by atoms with Crippen molar-refractivity contribution >= 4 is 40.7 Å². The van der Waals surface area contributed by atoms with E-state index in [1.54, 1.807) is 6.08 Å². The molecule has 1 heterocycles. The number of fused-ring (bicyclic) bond motifs is 1. The van der Waals surface area contributed by atoms with Crippen molar-refractivity contribution in [2.45, 2.75) is 26.3 Å². The zero-order valence-corrected chi connectivity index (χ0v) is 21.2. The Labute approximate surface area is 217 Å². The number of allylic oxidation sites excluding steroid dienone is 3. The molecule has 0 saturated heterocycles. The van der Waals surface area contributed by atoms with Gasteiger partial charge >= 0.3 is 0 Å². The monoisotopic (exact) mass is 493 g/mol. The van der Waals surface area contributed by atoms with Crippen LogP contribution in [0.5, 0.6) is 0 Å². The van der Waals surface area contributed by atoms with Crippen molar-refractivity contribution in [1.29, 1.82) is 0 Å². The summed E-state index contributed by atoms with van der Waals surface area (Å²) >= 11 is 6.18. The van der Waals surface area contributed by atoms with Gasteiger partial charge in [-0.15, -0.1) is 0 Å². The molecule has 1 aromatic heterocycles. The quantitative estimate of drug-likeness (QED) is 0.207. The highest BCUT2D eigenvalue weighted by Gasteiger charge is 2.19. The highest BCUT2D eigenvalue weighted by Crippen LogP contribution is 2.28. The molecule has 1 unspecified atom stereocenters. The number of aromatic nitrogens is 1. The van der Waals surface area contributed by atoms with E-state index in [0.717, 1.165) is 50.1 Å². The molecule has 4 nitrogen and oxygen atoms in total. The smallest absolute Gasteiger partial charge is 0.225 e. The number of nitrogens with zero attached hydrogens (tertiary/aromatic N) is 2. The molecule has 0 aliphatic carbocycles. The van der Waals surface area contributed by atoms with Gasteiger partial charge < -0.3 is 5.32 Å². The standard InChI is InChI=1S/C31H28ClN3O/c1-5-26(21(3)33-4)29-16-12-24-18-22(11-15-28(24)34-29)19-30(36)35-31(23-9-7-6-8-10-23)27-14-13-25(32)17-20(27)2/h5-18,31H,1,4,19H2,2-3H3,(H,35,36)/b26-21+. The number of aryl methyl sites for hydroxylation is 1. The molecule has 0 bridgehead atoms. The summed E-state index contributed by atoms with van der Waals surface area (Å²) in [6.45, 7) is 11.4. The summed E-state index contributed by atoms with van der Waals surface area (Å²) in [5.41, 5.74) is 7.22.